The fourth-order valence-corrected chi connectivity index (χ4v) is 1.66. The minimum atomic E-state index is -0.348. The van der Waals surface area contributed by atoms with Gasteiger partial charge < -0.3 is 9.73 Å². The van der Waals surface area contributed by atoms with Crippen LogP contribution in [0.15, 0.2) is 47.1 Å². The van der Waals surface area contributed by atoms with E-state index < -0.39 is 0 Å². The zero-order chi connectivity index (χ0) is 12.8. The fraction of sp³-hybridized carbons (Fsp3) is 0.214. The van der Waals surface area contributed by atoms with Crippen molar-refractivity contribution in [1.29, 1.82) is 0 Å². The summed E-state index contributed by atoms with van der Waals surface area (Å²) in [6.07, 6.45) is 2.29. The largest absolute Gasteiger partial charge is 0.469 e. The smallest absolute Gasteiger partial charge is 0.224 e. The molecule has 2 rings (SSSR count). The number of furan rings is 1. The monoisotopic (exact) mass is 247 g/mol. The van der Waals surface area contributed by atoms with Gasteiger partial charge in [0.15, 0.2) is 0 Å². The number of hydrogen-bond donors (Lipinski definition) is 1. The Morgan fingerprint density at radius 3 is 2.78 bits per heavy atom. The number of rotatable bonds is 5. The third-order valence-electron chi connectivity index (χ3n) is 2.58. The van der Waals surface area contributed by atoms with Crippen molar-refractivity contribution in [1.82, 2.24) is 5.32 Å². The highest BCUT2D eigenvalue weighted by molar-refractivity contribution is 5.78. The molecule has 1 aromatic carbocycles. The first-order valence-electron chi connectivity index (χ1n) is 5.78. The number of amides is 1. The Bertz CT molecular complexity index is 508. The molecule has 4 heteroatoms. The molecule has 0 aliphatic carbocycles. The van der Waals surface area contributed by atoms with Crippen molar-refractivity contribution in [2.75, 3.05) is 6.54 Å². The average Bonchev–Trinajstić information content (AvgIpc) is 2.85. The van der Waals surface area contributed by atoms with Gasteiger partial charge in [0.2, 0.25) is 5.91 Å². The molecule has 0 bridgehead atoms. The maximum Gasteiger partial charge on any atom is 0.224 e. The predicted molar refractivity (Wildman–Crippen MR) is 65.5 cm³/mol. The van der Waals surface area contributed by atoms with E-state index in [-0.39, 0.29) is 18.1 Å². The van der Waals surface area contributed by atoms with Crippen LogP contribution < -0.4 is 5.32 Å². The zero-order valence-electron chi connectivity index (χ0n) is 9.86. The Kier molecular flexibility index (Phi) is 4.12. The lowest BCUT2D eigenvalue weighted by molar-refractivity contribution is -0.120. The number of benzene rings is 1. The lowest BCUT2D eigenvalue weighted by atomic mass is 10.1. The van der Waals surface area contributed by atoms with Gasteiger partial charge >= 0.3 is 0 Å². The molecule has 1 amide bonds. The highest BCUT2D eigenvalue weighted by Gasteiger charge is 2.07. The maximum atomic E-state index is 13.3. The lowest BCUT2D eigenvalue weighted by Gasteiger charge is -2.05. The van der Waals surface area contributed by atoms with Crippen molar-refractivity contribution in [3.8, 4) is 0 Å². The molecular formula is C14H14FNO2. The van der Waals surface area contributed by atoms with Crippen molar-refractivity contribution in [2.24, 2.45) is 0 Å². The summed E-state index contributed by atoms with van der Waals surface area (Å²) in [6.45, 7) is 0.487. The molecule has 0 saturated carbocycles. The molecule has 1 aromatic heterocycles. The maximum absolute atomic E-state index is 13.3. The van der Waals surface area contributed by atoms with Crippen LogP contribution in [0.1, 0.15) is 11.3 Å². The average molecular weight is 247 g/mol. The lowest BCUT2D eigenvalue weighted by Crippen LogP contribution is -2.27. The minimum absolute atomic E-state index is 0.0603. The van der Waals surface area contributed by atoms with Crippen LogP contribution in [0.5, 0.6) is 0 Å². The molecule has 0 aliphatic heterocycles. The van der Waals surface area contributed by atoms with Gasteiger partial charge in [-0.15, -0.1) is 0 Å². The normalized spacial score (nSPS) is 10.3. The summed E-state index contributed by atoms with van der Waals surface area (Å²) in [7, 11) is 0. The van der Waals surface area contributed by atoms with E-state index in [1.807, 2.05) is 6.07 Å². The fourth-order valence-electron chi connectivity index (χ4n) is 1.66. The summed E-state index contributed by atoms with van der Waals surface area (Å²) in [5, 5.41) is 2.73. The van der Waals surface area contributed by atoms with Crippen LogP contribution in [0.3, 0.4) is 0 Å². The van der Waals surface area contributed by atoms with E-state index in [2.05, 4.69) is 5.32 Å². The second-order valence-electron chi connectivity index (χ2n) is 3.95. The molecule has 0 atom stereocenters. The Morgan fingerprint density at radius 2 is 2.06 bits per heavy atom. The van der Waals surface area contributed by atoms with Crippen LogP contribution in [-0.4, -0.2) is 12.5 Å². The Labute approximate surface area is 105 Å². The number of halogens is 1. The van der Waals surface area contributed by atoms with Crippen molar-refractivity contribution in [3.63, 3.8) is 0 Å². The van der Waals surface area contributed by atoms with Crippen LogP contribution >= 0.6 is 0 Å². The SMILES string of the molecule is O=C(Cc1ccccc1F)NCCc1ccco1. The molecule has 94 valence electrons. The van der Waals surface area contributed by atoms with Gasteiger partial charge in [-0.05, 0) is 23.8 Å². The number of carbonyl (C=O) groups is 1. The summed E-state index contributed by atoms with van der Waals surface area (Å²) in [5.74, 6) is 0.284. The van der Waals surface area contributed by atoms with Gasteiger partial charge in [-0.1, -0.05) is 18.2 Å². The summed E-state index contributed by atoms with van der Waals surface area (Å²) in [6, 6.07) is 9.94. The molecule has 1 heterocycles. The molecule has 2 aromatic rings. The van der Waals surface area contributed by atoms with Crippen molar-refractivity contribution >= 4 is 5.91 Å². The van der Waals surface area contributed by atoms with Gasteiger partial charge in [0.05, 0.1) is 12.7 Å². The highest BCUT2D eigenvalue weighted by Crippen LogP contribution is 2.06. The van der Waals surface area contributed by atoms with E-state index >= 15 is 0 Å². The van der Waals surface area contributed by atoms with Crippen LogP contribution in [-0.2, 0) is 17.6 Å². The number of nitrogens with one attached hydrogen (secondary N) is 1. The van der Waals surface area contributed by atoms with E-state index in [1.165, 1.54) is 6.07 Å². The quantitative estimate of drug-likeness (QED) is 0.881. The van der Waals surface area contributed by atoms with Gasteiger partial charge in [0.25, 0.3) is 0 Å². The third kappa shape index (κ3) is 3.45. The minimum Gasteiger partial charge on any atom is -0.469 e. The summed E-state index contributed by atoms with van der Waals surface area (Å²) in [5.41, 5.74) is 0.410. The molecular weight excluding hydrogens is 233 g/mol. The first-order chi connectivity index (χ1) is 8.75. The molecule has 0 fully saturated rings. The molecule has 0 aliphatic rings. The Morgan fingerprint density at radius 1 is 1.22 bits per heavy atom. The van der Waals surface area contributed by atoms with Gasteiger partial charge in [-0.2, -0.15) is 0 Å². The topological polar surface area (TPSA) is 42.2 Å². The highest BCUT2D eigenvalue weighted by atomic mass is 19.1. The van der Waals surface area contributed by atoms with Gasteiger partial charge in [0.1, 0.15) is 11.6 Å². The number of carbonyl (C=O) groups excluding carboxylic acids is 1. The van der Waals surface area contributed by atoms with Gasteiger partial charge in [-0.25, -0.2) is 4.39 Å². The van der Waals surface area contributed by atoms with Crippen LogP contribution in [0.4, 0.5) is 4.39 Å². The zero-order valence-corrected chi connectivity index (χ0v) is 9.86. The van der Waals surface area contributed by atoms with E-state index in [9.17, 15) is 9.18 Å². The molecule has 18 heavy (non-hydrogen) atoms. The van der Waals surface area contributed by atoms with Crippen LogP contribution in [0.25, 0.3) is 0 Å². The molecule has 3 nitrogen and oxygen atoms in total. The summed E-state index contributed by atoms with van der Waals surface area (Å²) in [4.78, 5) is 11.6. The molecule has 0 spiro atoms. The van der Waals surface area contributed by atoms with E-state index in [4.69, 9.17) is 4.42 Å². The van der Waals surface area contributed by atoms with E-state index in [0.29, 0.717) is 18.5 Å². The first-order valence-corrected chi connectivity index (χ1v) is 5.78. The van der Waals surface area contributed by atoms with Crippen molar-refractivity contribution in [3.05, 3.63) is 59.8 Å². The Hall–Kier alpha value is -2.10. The van der Waals surface area contributed by atoms with Gasteiger partial charge in [0, 0.05) is 13.0 Å². The molecule has 0 radical (unpaired) electrons. The third-order valence-corrected chi connectivity index (χ3v) is 2.58. The van der Waals surface area contributed by atoms with E-state index in [1.54, 1.807) is 30.5 Å². The second kappa shape index (κ2) is 6.00. The van der Waals surface area contributed by atoms with Crippen LogP contribution in [0.2, 0.25) is 0 Å². The van der Waals surface area contributed by atoms with E-state index in [0.717, 1.165) is 5.76 Å². The predicted octanol–water partition coefficient (Wildman–Crippen LogP) is 2.32. The Balaban J connectivity index is 1.77. The van der Waals surface area contributed by atoms with Crippen molar-refractivity contribution < 1.29 is 13.6 Å². The van der Waals surface area contributed by atoms with Crippen LogP contribution in [0, 0.1) is 5.82 Å². The molecule has 1 N–H and O–H groups in total. The first kappa shape index (κ1) is 12.4. The van der Waals surface area contributed by atoms with Gasteiger partial charge in [-0.3, -0.25) is 4.79 Å². The van der Waals surface area contributed by atoms with Crippen molar-refractivity contribution in [2.45, 2.75) is 12.8 Å². The molecule has 0 unspecified atom stereocenters. The summed E-state index contributed by atoms with van der Waals surface area (Å²) < 4.78 is 18.4. The standard InChI is InChI=1S/C14H14FNO2/c15-13-6-2-1-4-11(13)10-14(17)16-8-7-12-5-3-9-18-12/h1-6,9H,7-8,10H2,(H,16,17). The summed E-state index contributed by atoms with van der Waals surface area (Å²) >= 11 is 0. The number of hydrogen-bond acceptors (Lipinski definition) is 2. The molecule has 0 saturated heterocycles. The second-order valence-corrected chi connectivity index (χ2v) is 3.95.